The monoisotopic (exact) mass is 663 g/mol. The second kappa shape index (κ2) is 12.9. The fourth-order valence-electron chi connectivity index (χ4n) is 5.73. The second-order valence-corrected chi connectivity index (χ2v) is 11.7. The molecule has 11 nitrogen and oxygen atoms in total. The Kier molecular flexibility index (Phi) is 9.12. The first-order valence-corrected chi connectivity index (χ1v) is 14.4. The van der Waals surface area contributed by atoms with Crippen LogP contribution in [0.4, 0.5) is 14.5 Å². The lowest BCUT2D eigenvalue weighted by atomic mass is 9.88. The maximum Gasteiger partial charge on any atom is 0.338 e. The smallest absolute Gasteiger partial charge is 0.338 e. The highest BCUT2D eigenvalue weighted by atomic mass is 35.5. The topological polar surface area (TPSA) is 146 Å². The van der Waals surface area contributed by atoms with E-state index in [1.165, 1.54) is 48.5 Å². The van der Waals surface area contributed by atoms with E-state index in [4.69, 9.17) is 37.4 Å². The first-order chi connectivity index (χ1) is 21.4. The van der Waals surface area contributed by atoms with E-state index in [0.29, 0.717) is 12.8 Å². The van der Waals surface area contributed by atoms with Gasteiger partial charge in [-0.2, -0.15) is 0 Å². The van der Waals surface area contributed by atoms with Crippen molar-refractivity contribution in [1.29, 1.82) is 0 Å². The quantitative estimate of drug-likeness (QED) is 0.163. The SMILES string of the molecule is O=C(COc1ccc(Cl)c(F)c1)N[C@@]12CC[C@@](NC(=O)COc3ccc(Cl)c(F)c3)(C1)[C@@H](OC(=O)c1ccc([N+](=O)[O-])cc1)C2. The molecule has 3 aromatic rings. The first-order valence-electron chi connectivity index (χ1n) is 13.6. The summed E-state index contributed by atoms with van der Waals surface area (Å²) in [7, 11) is 0. The van der Waals surface area contributed by atoms with Crippen LogP contribution in [0, 0.1) is 21.7 Å². The third kappa shape index (κ3) is 7.26. The molecule has 15 heteroatoms. The highest BCUT2D eigenvalue weighted by Crippen LogP contribution is 2.52. The van der Waals surface area contributed by atoms with E-state index >= 15 is 0 Å². The van der Waals surface area contributed by atoms with Crippen molar-refractivity contribution in [3.8, 4) is 11.5 Å². The number of hydrogen-bond donors (Lipinski definition) is 2. The molecule has 236 valence electrons. The average molecular weight is 664 g/mol. The number of hydrogen-bond acceptors (Lipinski definition) is 8. The Morgan fingerprint density at radius 2 is 1.42 bits per heavy atom. The van der Waals surface area contributed by atoms with Gasteiger partial charge in [0.05, 0.1) is 26.1 Å². The van der Waals surface area contributed by atoms with Crippen LogP contribution in [-0.4, -0.2) is 53.1 Å². The summed E-state index contributed by atoms with van der Waals surface area (Å²) >= 11 is 11.4. The van der Waals surface area contributed by atoms with Crippen LogP contribution < -0.4 is 20.1 Å². The number of non-ortho nitro benzene ring substituents is 1. The van der Waals surface area contributed by atoms with Crippen molar-refractivity contribution >= 4 is 46.7 Å². The van der Waals surface area contributed by atoms with E-state index in [1.54, 1.807) is 0 Å². The maximum absolute atomic E-state index is 13.8. The van der Waals surface area contributed by atoms with Crippen LogP contribution in [0.2, 0.25) is 10.0 Å². The zero-order chi connectivity index (χ0) is 32.4. The van der Waals surface area contributed by atoms with Gasteiger partial charge in [0.1, 0.15) is 29.2 Å². The number of ether oxygens (including phenoxy) is 3. The number of nitro benzene ring substituents is 1. The number of halogens is 4. The molecule has 5 rings (SSSR count). The van der Waals surface area contributed by atoms with Crippen molar-refractivity contribution in [1.82, 2.24) is 10.6 Å². The van der Waals surface area contributed by atoms with Crippen LogP contribution in [-0.2, 0) is 14.3 Å². The molecule has 2 aliphatic rings. The summed E-state index contributed by atoms with van der Waals surface area (Å²) in [4.78, 5) is 49.4. The summed E-state index contributed by atoms with van der Waals surface area (Å²) in [6, 6.07) is 12.3. The third-order valence-electron chi connectivity index (χ3n) is 7.77. The van der Waals surface area contributed by atoms with Crippen molar-refractivity contribution in [2.45, 2.75) is 42.9 Å². The van der Waals surface area contributed by atoms with E-state index in [2.05, 4.69) is 10.6 Å². The Labute approximate surface area is 264 Å². The normalized spacial score (nSPS) is 21.6. The number of fused-ring (bicyclic) bond motifs is 2. The number of esters is 1. The van der Waals surface area contributed by atoms with Gasteiger partial charge in [-0.05, 0) is 55.7 Å². The number of nitrogens with one attached hydrogen (secondary N) is 2. The molecule has 0 radical (unpaired) electrons. The number of nitro groups is 1. The van der Waals surface area contributed by atoms with Crippen LogP contribution in [0.3, 0.4) is 0 Å². The molecule has 2 saturated carbocycles. The summed E-state index contributed by atoms with van der Waals surface area (Å²) in [5.41, 5.74) is -2.14. The summed E-state index contributed by atoms with van der Waals surface area (Å²) in [6.07, 6.45) is 0.161. The Morgan fingerprint density at radius 3 is 1.96 bits per heavy atom. The number of nitrogens with zero attached hydrogens (tertiary/aromatic N) is 1. The molecule has 0 unspecified atom stereocenters. The molecule has 2 fully saturated rings. The minimum absolute atomic E-state index is 0.0552. The van der Waals surface area contributed by atoms with Gasteiger partial charge in [0.2, 0.25) is 0 Å². The van der Waals surface area contributed by atoms with Gasteiger partial charge in [0.25, 0.3) is 17.5 Å². The lowest BCUT2D eigenvalue weighted by Crippen LogP contribution is -2.55. The van der Waals surface area contributed by atoms with Gasteiger partial charge in [-0.25, -0.2) is 13.6 Å². The van der Waals surface area contributed by atoms with E-state index < -0.39 is 64.7 Å². The fourth-order valence-corrected chi connectivity index (χ4v) is 5.97. The minimum Gasteiger partial charge on any atom is -0.484 e. The lowest BCUT2D eigenvalue weighted by Gasteiger charge is -2.36. The number of rotatable bonds is 11. The zero-order valence-electron chi connectivity index (χ0n) is 23.3. The van der Waals surface area contributed by atoms with Crippen molar-refractivity contribution in [2.75, 3.05) is 13.2 Å². The highest BCUT2D eigenvalue weighted by Gasteiger charge is 2.63. The fraction of sp³-hybridized carbons (Fsp3) is 0.300. The van der Waals surface area contributed by atoms with E-state index in [0.717, 1.165) is 12.1 Å². The van der Waals surface area contributed by atoms with Crippen LogP contribution in [0.25, 0.3) is 0 Å². The largest absolute Gasteiger partial charge is 0.484 e. The predicted molar refractivity (Wildman–Crippen MR) is 156 cm³/mol. The van der Waals surface area contributed by atoms with Gasteiger partial charge in [0, 0.05) is 36.2 Å². The minimum atomic E-state index is -1.10. The number of carbonyl (C=O) groups excluding carboxylic acids is 3. The molecule has 2 aliphatic carbocycles. The Morgan fingerprint density at radius 1 is 0.867 bits per heavy atom. The Hall–Kier alpha value is -4.49. The molecule has 0 heterocycles. The summed E-state index contributed by atoms with van der Waals surface area (Å²) in [6.45, 7) is -0.933. The average Bonchev–Trinajstić information content (AvgIpc) is 3.50. The van der Waals surface area contributed by atoms with E-state index in [-0.39, 0.29) is 45.6 Å². The molecule has 3 atom stereocenters. The molecule has 2 N–H and O–H groups in total. The molecule has 0 aliphatic heterocycles. The van der Waals surface area contributed by atoms with Gasteiger partial charge >= 0.3 is 5.97 Å². The van der Waals surface area contributed by atoms with Crippen LogP contribution in [0.1, 0.15) is 36.0 Å². The summed E-state index contributed by atoms with van der Waals surface area (Å²) < 4.78 is 44.2. The highest BCUT2D eigenvalue weighted by molar-refractivity contribution is 6.31. The van der Waals surface area contributed by atoms with Crippen LogP contribution >= 0.6 is 23.2 Å². The van der Waals surface area contributed by atoms with Gasteiger partial charge in [0.15, 0.2) is 13.2 Å². The Bertz CT molecular complexity index is 1660. The molecular formula is C30H25Cl2F2N3O8. The predicted octanol–water partition coefficient (Wildman–Crippen LogP) is 5.16. The van der Waals surface area contributed by atoms with Crippen LogP contribution in [0.15, 0.2) is 60.7 Å². The second-order valence-electron chi connectivity index (χ2n) is 10.8. The van der Waals surface area contributed by atoms with E-state index in [9.17, 15) is 33.3 Å². The zero-order valence-corrected chi connectivity index (χ0v) is 24.8. The van der Waals surface area contributed by atoms with E-state index in [1.807, 2.05) is 0 Å². The summed E-state index contributed by atoms with van der Waals surface area (Å²) in [5, 5.41) is 16.6. The molecule has 0 aromatic heterocycles. The van der Waals surface area contributed by atoms with Crippen molar-refractivity contribution in [3.05, 3.63) is 98.0 Å². The lowest BCUT2D eigenvalue weighted by molar-refractivity contribution is -0.384. The summed E-state index contributed by atoms with van der Waals surface area (Å²) in [5.74, 6) is -3.14. The third-order valence-corrected chi connectivity index (χ3v) is 8.39. The van der Waals surface area contributed by atoms with Crippen molar-refractivity contribution in [2.24, 2.45) is 0 Å². The molecular weight excluding hydrogens is 639 g/mol. The number of amides is 2. The van der Waals surface area contributed by atoms with Crippen molar-refractivity contribution in [3.63, 3.8) is 0 Å². The van der Waals surface area contributed by atoms with Crippen LogP contribution in [0.5, 0.6) is 11.5 Å². The molecule has 0 saturated heterocycles. The number of benzene rings is 3. The first kappa shape index (κ1) is 31.9. The maximum atomic E-state index is 13.8. The van der Waals surface area contributed by atoms with Crippen molar-refractivity contribution < 1.29 is 42.3 Å². The van der Waals surface area contributed by atoms with Gasteiger partial charge < -0.3 is 24.8 Å². The molecule has 0 spiro atoms. The standard InChI is InChI=1S/C30H25Cl2F2N3O8/c31-21-7-5-19(11-23(21)33)43-14-26(38)35-29-9-10-30(16-29,36-27(39)15-44-20-6-8-22(32)24(34)12-20)25(13-29)45-28(40)17-1-3-18(4-2-17)37(41)42/h1-8,11-12,25H,9-10,13-16H2,(H,35,38)(H,36,39)/t25-,29+,30+/m0/s1. The van der Waals surface area contributed by atoms with Gasteiger partial charge in [-0.1, -0.05) is 23.2 Å². The van der Waals surface area contributed by atoms with Gasteiger partial charge in [-0.15, -0.1) is 0 Å². The Balaban J connectivity index is 1.29. The number of carbonyl (C=O) groups is 3. The molecule has 45 heavy (non-hydrogen) atoms. The molecule has 2 bridgehead atoms. The molecule has 3 aromatic carbocycles. The molecule has 2 amide bonds. The van der Waals surface area contributed by atoms with Gasteiger partial charge in [-0.3, -0.25) is 19.7 Å².